The normalized spacial score (nSPS) is 17.6. The summed E-state index contributed by atoms with van der Waals surface area (Å²) in [4.78, 5) is 25.9. The van der Waals surface area contributed by atoms with Crippen molar-refractivity contribution in [2.24, 2.45) is 0 Å². The molecule has 8 heteroatoms. The first-order valence-electron chi connectivity index (χ1n) is 7.89. The van der Waals surface area contributed by atoms with E-state index in [1.807, 2.05) is 12.1 Å². The molecule has 1 atom stereocenters. The Labute approximate surface area is 150 Å². The summed E-state index contributed by atoms with van der Waals surface area (Å²) in [7, 11) is 1.80. The number of piperidine rings is 1. The number of carbonyl (C=O) groups excluding carboxylic acids is 1. The number of hydrogen-bond acceptors (Lipinski definition) is 5. The van der Waals surface area contributed by atoms with Crippen LogP contribution >= 0.6 is 22.9 Å². The van der Waals surface area contributed by atoms with Crippen molar-refractivity contribution in [2.45, 2.75) is 25.4 Å². The highest BCUT2D eigenvalue weighted by Crippen LogP contribution is 2.22. The van der Waals surface area contributed by atoms with Crippen LogP contribution in [0.15, 0.2) is 30.6 Å². The number of anilines is 1. The molecule has 0 saturated carbocycles. The van der Waals surface area contributed by atoms with Crippen LogP contribution in [0.1, 0.15) is 17.7 Å². The summed E-state index contributed by atoms with van der Waals surface area (Å²) in [6.07, 6.45) is 5.45. The largest absolute Gasteiger partial charge is 0.339 e. The van der Waals surface area contributed by atoms with Gasteiger partial charge in [0.1, 0.15) is 0 Å². The lowest BCUT2D eigenvalue weighted by atomic mass is 10.1. The third-order valence-corrected chi connectivity index (χ3v) is 5.17. The fourth-order valence-electron chi connectivity index (χ4n) is 2.76. The van der Waals surface area contributed by atoms with Crippen LogP contribution in [0, 0.1) is 0 Å². The molecule has 0 radical (unpaired) electrons. The van der Waals surface area contributed by atoms with Gasteiger partial charge in [0.25, 0.3) is 0 Å². The molecule has 0 aliphatic carbocycles. The van der Waals surface area contributed by atoms with E-state index < -0.39 is 0 Å². The zero-order valence-electron chi connectivity index (χ0n) is 13.5. The minimum atomic E-state index is -0.0691. The van der Waals surface area contributed by atoms with Crippen LogP contribution in [-0.2, 0) is 6.54 Å². The SMILES string of the molecule is CN(Cc1ccc(Cl)s1)C(=O)NC1CCCN(c2ncccn2)C1. The Balaban J connectivity index is 1.53. The molecule has 0 bridgehead atoms. The van der Waals surface area contributed by atoms with Crippen molar-refractivity contribution in [2.75, 3.05) is 25.0 Å². The number of nitrogens with one attached hydrogen (secondary N) is 1. The third-order valence-electron chi connectivity index (χ3n) is 3.95. The molecular weight excluding hydrogens is 346 g/mol. The first kappa shape index (κ1) is 17.0. The average molecular weight is 366 g/mol. The monoisotopic (exact) mass is 365 g/mol. The van der Waals surface area contributed by atoms with E-state index >= 15 is 0 Å². The Hall–Kier alpha value is -1.86. The van der Waals surface area contributed by atoms with E-state index in [0.29, 0.717) is 6.54 Å². The molecule has 1 fully saturated rings. The van der Waals surface area contributed by atoms with Gasteiger partial charge in [-0.1, -0.05) is 11.6 Å². The molecule has 24 heavy (non-hydrogen) atoms. The lowest BCUT2D eigenvalue weighted by Crippen LogP contribution is -2.51. The molecule has 128 valence electrons. The Bertz CT molecular complexity index is 680. The van der Waals surface area contributed by atoms with Gasteiger partial charge >= 0.3 is 6.03 Å². The first-order valence-corrected chi connectivity index (χ1v) is 9.09. The fourth-order valence-corrected chi connectivity index (χ4v) is 3.90. The Morgan fingerprint density at radius 3 is 2.96 bits per heavy atom. The van der Waals surface area contributed by atoms with E-state index in [1.54, 1.807) is 30.4 Å². The van der Waals surface area contributed by atoms with E-state index in [-0.39, 0.29) is 12.1 Å². The van der Waals surface area contributed by atoms with E-state index in [2.05, 4.69) is 20.2 Å². The van der Waals surface area contributed by atoms with Gasteiger partial charge in [-0.3, -0.25) is 0 Å². The second-order valence-corrected chi connectivity index (χ2v) is 7.64. The molecule has 0 aromatic carbocycles. The van der Waals surface area contributed by atoms with Gasteiger partial charge in [-0.05, 0) is 31.0 Å². The predicted octanol–water partition coefficient (Wildman–Crippen LogP) is 3.00. The number of hydrogen-bond donors (Lipinski definition) is 1. The van der Waals surface area contributed by atoms with E-state index in [9.17, 15) is 4.79 Å². The van der Waals surface area contributed by atoms with Crippen LogP contribution in [0.25, 0.3) is 0 Å². The van der Waals surface area contributed by atoms with Gasteiger partial charge in [-0.2, -0.15) is 0 Å². The van der Waals surface area contributed by atoms with Gasteiger partial charge in [-0.25, -0.2) is 14.8 Å². The van der Waals surface area contributed by atoms with Crippen LogP contribution in [0.2, 0.25) is 4.34 Å². The molecule has 1 saturated heterocycles. The van der Waals surface area contributed by atoms with Gasteiger partial charge < -0.3 is 15.1 Å². The van der Waals surface area contributed by atoms with Crippen molar-refractivity contribution < 1.29 is 4.79 Å². The molecule has 3 heterocycles. The number of urea groups is 1. The summed E-state index contributed by atoms with van der Waals surface area (Å²) in [6.45, 7) is 2.20. The lowest BCUT2D eigenvalue weighted by molar-refractivity contribution is 0.201. The standard InChI is InChI=1S/C16H20ClN5OS/c1-21(11-13-5-6-14(17)24-13)16(23)20-12-4-2-9-22(10-12)15-18-7-3-8-19-15/h3,5-8,12H,2,4,9-11H2,1H3,(H,20,23). The molecule has 0 spiro atoms. The number of carbonyl (C=O) groups is 1. The maximum atomic E-state index is 12.4. The first-order chi connectivity index (χ1) is 11.6. The third kappa shape index (κ3) is 4.36. The van der Waals surface area contributed by atoms with Gasteiger partial charge in [-0.15, -0.1) is 11.3 Å². The molecule has 1 unspecified atom stereocenters. The van der Waals surface area contributed by atoms with Crippen molar-refractivity contribution in [1.29, 1.82) is 0 Å². The van der Waals surface area contributed by atoms with E-state index in [1.165, 1.54) is 11.3 Å². The highest BCUT2D eigenvalue weighted by Gasteiger charge is 2.24. The summed E-state index contributed by atoms with van der Waals surface area (Å²) in [6, 6.07) is 5.64. The van der Waals surface area contributed by atoms with Crippen molar-refractivity contribution in [3.05, 3.63) is 39.8 Å². The quantitative estimate of drug-likeness (QED) is 0.904. The van der Waals surface area contributed by atoms with Gasteiger partial charge in [0.15, 0.2) is 0 Å². The van der Waals surface area contributed by atoms with Crippen LogP contribution in [0.4, 0.5) is 10.7 Å². The number of amides is 2. The number of nitrogens with zero attached hydrogens (tertiary/aromatic N) is 4. The van der Waals surface area contributed by atoms with Crippen LogP contribution in [-0.4, -0.2) is 47.1 Å². The molecule has 1 N–H and O–H groups in total. The number of rotatable bonds is 4. The van der Waals surface area contributed by atoms with Crippen LogP contribution < -0.4 is 10.2 Å². The average Bonchev–Trinajstić information content (AvgIpc) is 3.00. The van der Waals surface area contributed by atoms with E-state index in [4.69, 9.17) is 11.6 Å². The summed E-state index contributed by atoms with van der Waals surface area (Å²) < 4.78 is 0.740. The minimum absolute atomic E-state index is 0.0691. The molecule has 2 aromatic rings. The van der Waals surface area contributed by atoms with Gasteiger partial charge in [0.2, 0.25) is 5.95 Å². The Morgan fingerprint density at radius 2 is 2.25 bits per heavy atom. The molecule has 1 aliphatic rings. The van der Waals surface area contributed by atoms with Gasteiger partial charge in [0, 0.05) is 43.4 Å². The van der Waals surface area contributed by atoms with Crippen molar-refractivity contribution in [3.63, 3.8) is 0 Å². The van der Waals surface area contributed by atoms with Crippen molar-refractivity contribution in [1.82, 2.24) is 20.2 Å². The summed E-state index contributed by atoms with van der Waals surface area (Å²) in [5.41, 5.74) is 0. The number of thiophene rings is 1. The highest BCUT2D eigenvalue weighted by atomic mass is 35.5. The molecule has 2 aromatic heterocycles. The maximum Gasteiger partial charge on any atom is 0.317 e. The van der Waals surface area contributed by atoms with Crippen LogP contribution in [0.3, 0.4) is 0 Å². The molecule has 2 amide bonds. The zero-order chi connectivity index (χ0) is 16.9. The summed E-state index contributed by atoms with van der Waals surface area (Å²) in [5, 5.41) is 3.11. The Kier molecular flexibility index (Phi) is 5.52. The summed E-state index contributed by atoms with van der Waals surface area (Å²) >= 11 is 7.43. The Morgan fingerprint density at radius 1 is 1.46 bits per heavy atom. The minimum Gasteiger partial charge on any atom is -0.339 e. The van der Waals surface area contributed by atoms with Crippen molar-refractivity contribution in [3.8, 4) is 0 Å². The lowest BCUT2D eigenvalue weighted by Gasteiger charge is -2.33. The maximum absolute atomic E-state index is 12.4. The highest BCUT2D eigenvalue weighted by molar-refractivity contribution is 7.16. The number of halogens is 1. The topological polar surface area (TPSA) is 61.4 Å². The molecular formula is C16H20ClN5OS. The molecule has 3 rings (SSSR count). The molecule has 1 aliphatic heterocycles. The zero-order valence-corrected chi connectivity index (χ0v) is 15.1. The predicted molar refractivity (Wildman–Crippen MR) is 96.6 cm³/mol. The second-order valence-electron chi connectivity index (χ2n) is 5.85. The van der Waals surface area contributed by atoms with Crippen molar-refractivity contribution >= 4 is 34.9 Å². The number of aromatic nitrogens is 2. The van der Waals surface area contributed by atoms with Gasteiger partial charge in [0.05, 0.1) is 10.9 Å². The van der Waals surface area contributed by atoms with E-state index in [0.717, 1.165) is 41.1 Å². The smallest absolute Gasteiger partial charge is 0.317 e. The van der Waals surface area contributed by atoms with Crippen LogP contribution in [0.5, 0.6) is 0 Å². The fraction of sp³-hybridized carbons (Fsp3) is 0.438. The second kappa shape index (κ2) is 7.81. The summed E-state index contributed by atoms with van der Waals surface area (Å²) in [5.74, 6) is 0.720. The molecule has 6 nitrogen and oxygen atoms in total.